The van der Waals surface area contributed by atoms with Crippen molar-refractivity contribution in [3.05, 3.63) is 48.1 Å². The Hall–Kier alpha value is -1.98. The molecule has 0 bridgehead atoms. The highest BCUT2D eigenvalue weighted by molar-refractivity contribution is 5.85. The lowest BCUT2D eigenvalue weighted by Gasteiger charge is -2.23. The first-order chi connectivity index (χ1) is 14.0. The van der Waals surface area contributed by atoms with Gasteiger partial charge in [0.25, 0.3) is 0 Å². The third kappa shape index (κ3) is 24.1. The van der Waals surface area contributed by atoms with Gasteiger partial charge in [-0.15, -0.1) is 0 Å². The van der Waals surface area contributed by atoms with E-state index in [1.807, 2.05) is 78.8 Å². The van der Waals surface area contributed by atoms with Crippen molar-refractivity contribution in [2.45, 2.75) is 66.3 Å². The van der Waals surface area contributed by atoms with Gasteiger partial charge >= 0.3 is 0 Å². The Balaban J connectivity index is -0.000000412. The monoisotopic (exact) mass is 421 g/mol. The zero-order chi connectivity index (χ0) is 24.0. The molecule has 1 amide bonds. The molecule has 5 nitrogen and oxygen atoms in total. The minimum absolute atomic E-state index is 0.0388. The minimum Gasteiger partial charge on any atom is -0.353 e. The van der Waals surface area contributed by atoms with E-state index in [0.717, 1.165) is 31.2 Å². The maximum atomic E-state index is 11.5. The predicted molar refractivity (Wildman–Crippen MR) is 133 cm³/mol. The summed E-state index contributed by atoms with van der Waals surface area (Å²) >= 11 is 0. The zero-order valence-electron chi connectivity index (χ0n) is 21.0. The summed E-state index contributed by atoms with van der Waals surface area (Å²) < 4.78 is 0. The molecule has 0 fully saturated rings. The van der Waals surface area contributed by atoms with Crippen molar-refractivity contribution in [3.8, 4) is 0 Å². The van der Waals surface area contributed by atoms with Crippen LogP contribution >= 0.6 is 0 Å². The van der Waals surface area contributed by atoms with Crippen LogP contribution in [0.2, 0.25) is 0 Å². The second-order valence-electron chi connectivity index (χ2n) is 7.70. The van der Waals surface area contributed by atoms with E-state index in [4.69, 9.17) is 0 Å². The van der Waals surface area contributed by atoms with Gasteiger partial charge in [0, 0.05) is 19.5 Å². The van der Waals surface area contributed by atoms with E-state index < -0.39 is 5.54 Å². The average molecular weight is 422 g/mol. The summed E-state index contributed by atoms with van der Waals surface area (Å²) in [6, 6.07) is 0. The Morgan fingerprint density at radius 3 is 2.03 bits per heavy atom. The fraction of sp³-hybridized carbons (Fsp3) is 0.600. The molecule has 0 aromatic rings. The number of carbonyl (C=O) groups is 2. The smallest absolute Gasteiger partial charge is 0.239 e. The molecule has 0 spiro atoms. The molecule has 174 valence electrons. The predicted octanol–water partition coefficient (Wildman–Crippen LogP) is 4.68. The molecule has 5 heteroatoms. The van der Waals surface area contributed by atoms with Gasteiger partial charge in [-0.05, 0) is 75.5 Å². The van der Waals surface area contributed by atoms with E-state index in [0.29, 0.717) is 13.0 Å². The second kappa shape index (κ2) is 21.7. The molecule has 0 radical (unpaired) electrons. The first kappa shape index (κ1) is 32.7. The molecule has 0 heterocycles. The molecule has 2 N–H and O–H groups in total. The number of nitrogens with one attached hydrogen (secondary N) is 2. The van der Waals surface area contributed by atoms with Gasteiger partial charge in [-0.25, -0.2) is 0 Å². The summed E-state index contributed by atoms with van der Waals surface area (Å²) in [6.45, 7) is 17.0. The molecule has 0 unspecified atom stereocenters. The standard InChI is InChI=1S/C12H18O.C9H21N3O.C4H8/c1-4-12(7-5-6-10-13)9-8-11(2)3;1-9(2,10-3)8(13)11-6-7-12(4)5;1-3-4-2/h4,8-10H,2,5-7H2,1,3H3;10H,6-7H2,1-5H3,(H,11,13);3-4H,1-2H3/b9-8-,12-4-;;4-3-. The lowest BCUT2D eigenvalue weighted by Crippen LogP contribution is -2.52. The highest BCUT2D eigenvalue weighted by Gasteiger charge is 2.24. The molecule has 0 saturated carbocycles. The summed E-state index contributed by atoms with van der Waals surface area (Å²) in [4.78, 5) is 23.6. The summed E-state index contributed by atoms with van der Waals surface area (Å²) in [5, 5.41) is 5.82. The van der Waals surface area contributed by atoms with Gasteiger partial charge in [0.1, 0.15) is 6.29 Å². The van der Waals surface area contributed by atoms with Crippen LogP contribution in [0, 0.1) is 0 Å². The summed E-state index contributed by atoms with van der Waals surface area (Å²) in [5.41, 5.74) is 1.84. The number of rotatable bonds is 11. The van der Waals surface area contributed by atoms with Crippen molar-refractivity contribution >= 4 is 12.2 Å². The molecule has 0 saturated heterocycles. The molecule has 0 rings (SSSR count). The number of aldehydes is 1. The van der Waals surface area contributed by atoms with Gasteiger partial charge in [-0.3, -0.25) is 4.79 Å². The summed E-state index contributed by atoms with van der Waals surface area (Å²) in [6.07, 6.45) is 13.7. The summed E-state index contributed by atoms with van der Waals surface area (Å²) in [5.74, 6) is 0.0388. The number of nitrogens with zero attached hydrogens (tertiary/aromatic N) is 1. The summed E-state index contributed by atoms with van der Waals surface area (Å²) in [7, 11) is 5.75. The number of likely N-dealkylation sites (N-methyl/N-ethyl adjacent to an activating group) is 2. The van der Waals surface area contributed by atoms with Gasteiger partial charge in [0.05, 0.1) is 5.54 Å². The Kier molecular flexibility index (Phi) is 23.7. The molecule has 0 aromatic heterocycles. The van der Waals surface area contributed by atoms with Crippen molar-refractivity contribution in [2.24, 2.45) is 0 Å². The molecular weight excluding hydrogens is 374 g/mol. The first-order valence-electron chi connectivity index (χ1n) is 10.6. The third-order valence-corrected chi connectivity index (χ3v) is 4.11. The SMILES string of the molecule is C/C=C\C.C=C(C)/C=C\C(=C/C)CCCC=O.CNC(C)(C)C(=O)NCCN(C)C. The van der Waals surface area contributed by atoms with Crippen LogP contribution in [-0.2, 0) is 9.59 Å². The van der Waals surface area contributed by atoms with Gasteiger partial charge < -0.3 is 20.3 Å². The third-order valence-electron chi connectivity index (χ3n) is 4.11. The van der Waals surface area contributed by atoms with Gasteiger partial charge in [0.2, 0.25) is 5.91 Å². The van der Waals surface area contributed by atoms with Gasteiger partial charge in [-0.1, -0.05) is 48.1 Å². The van der Waals surface area contributed by atoms with E-state index >= 15 is 0 Å². The topological polar surface area (TPSA) is 61.4 Å². The molecule has 0 aliphatic heterocycles. The molecular formula is C25H47N3O2. The second-order valence-corrected chi connectivity index (χ2v) is 7.70. The minimum atomic E-state index is -0.480. The van der Waals surface area contributed by atoms with Crippen molar-refractivity contribution in [1.82, 2.24) is 15.5 Å². The maximum absolute atomic E-state index is 11.5. The van der Waals surface area contributed by atoms with Gasteiger partial charge in [-0.2, -0.15) is 0 Å². The quantitative estimate of drug-likeness (QED) is 0.220. The zero-order valence-corrected chi connectivity index (χ0v) is 21.0. The van der Waals surface area contributed by atoms with E-state index in [9.17, 15) is 9.59 Å². The van der Waals surface area contributed by atoms with Crippen LogP contribution in [0.15, 0.2) is 48.1 Å². The number of hydrogen-bond donors (Lipinski definition) is 2. The van der Waals surface area contributed by atoms with Crippen LogP contribution in [-0.4, -0.2) is 56.9 Å². The number of amides is 1. The first-order valence-corrected chi connectivity index (χ1v) is 10.6. The van der Waals surface area contributed by atoms with E-state index in [1.165, 1.54) is 5.57 Å². The van der Waals surface area contributed by atoms with Gasteiger partial charge in [0.15, 0.2) is 0 Å². The largest absolute Gasteiger partial charge is 0.353 e. The van der Waals surface area contributed by atoms with Crippen LogP contribution in [0.4, 0.5) is 0 Å². The van der Waals surface area contributed by atoms with Crippen LogP contribution in [0.3, 0.4) is 0 Å². The highest BCUT2D eigenvalue weighted by Crippen LogP contribution is 2.09. The lowest BCUT2D eigenvalue weighted by atomic mass is 10.1. The van der Waals surface area contributed by atoms with Crippen molar-refractivity contribution in [3.63, 3.8) is 0 Å². The van der Waals surface area contributed by atoms with Crippen molar-refractivity contribution in [1.29, 1.82) is 0 Å². The molecule has 0 atom stereocenters. The number of allylic oxidation sites excluding steroid dienone is 7. The van der Waals surface area contributed by atoms with Crippen LogP contribution in [0.25, 0.3) is 0 Å². The van der Waals surface area contributed by atoms with Crippen LogP contribution in [0.1, 0.15) is 60.8 Å². The molecule has 0 aliphatic rings. The Morgan fingerprint density at radius 2 is 1.67 bits per heavy atom. The number of unbranched alkanes of at least 4 members (excludes halogenated alkanes) is 1. The average Bonchev–Trinajstić information content (AvgIpc) is 2.70. The van der Waals surface area contributed by atoms with Crippen LogP contribution < -0.4 is 10.6 Å². The van der Waals surface area contributed by atoms with Crippen molar-refractivity contribution in [2.75, 3.05) is 34.2 Å². The fourth-order valence-corrected chi connectivity index (χ4v) is 1.69. The van der Waals surface area contributed by atoms with E-state index in [-0.39, 0.29) is 5.91 Å². The Bertz CT molecular complexity index is 541. The van der Waals surface area contributed by atoms with Crippen molar-refractivity contribution < 1.29 is 9.59 Å². The normalized spacial score (nSPS) is 11.6. The highest BCUT2D eigenvalue weighted by atomic mass is 16.2. The van der Waals surface area contributed by atoms with Crippen LogP contribution in [0.5, 0.6) is 0 Å². The fourth-order valence-electron chi connectivity index (χ4n) is 1.69. The molecule has 30 heavy (non-hydrogen) atoms. The molecule has 0 aromatic carbocycles. The Morgan fingerprint density at radius 1 is 1.10 bits per heavy atom. The molecule has 0 aliphatic carbocycles. The maximum Gasteiger partial charge on any atom is 0.239 e. The number of hydrogen-bond acceptors (Lipinski definition) is 4. The Labute approximate surface area is 186 Å². The van der Waals surface area contributed by atoms with E-state index in [1.54, 1.807) is 7.05 Å². The number of carbonyl (C=O) groups excluding carboxylic acids is 2. The van der Waals surface area contributed by atoms with E-state index in [2.05, 4.69) is 29.4 Å². The lowest BCUT2D eigenvalue weighted by molar-refractivity contribution is -0.126.